The Morgan fingerprint density at radius 3 is 2.19 bits per heavy atom. The van der Waals surface area contributed by atoms with Crippen molar-refractivity contribution >= 4 is 28.0 Å². The van der Waals surface area contributed by atoms with Crippen molar-refractivity contribution in [3.05, 3.63) is 61.2 Å². The number of aromatic nitrogens is 3. The molecule has 0 spiro atoms. The standard InChI is InChI=1S/C7H6N2.C5H5N.BrH/c1-2-4-7-6(3-1)8-5-9-7;1-2-4-6-5-3-1;/h1-5H,(H,8,9);1-5H;1H. The summed E-state index contributed by atoms with van der Waals surface area (Å²) in [6, 6.07) is 13.7. The molecule has 3 rings (SSSR count). The monoisotopic (exact) mass is 277 g/mol. The van der Waals surface area contributed by atoms with Crippen LogP contribution in [0.5, 0.6) is 0 Å². The SMILES string of the molecule is Br.c1ccc2[nH]cnc2c1.c1ccncc1. The normalized spacial score (nSPS) is 8.75. The predicted molar refractivity (Wildman–Crippen MR) is 70.7 cm³/mol. The van der Waals surface area contributed by atoms with Crippen molar-refractivity contribution in [1.82, 2.24) is 15.0 Å². The van der Waals surface area contributed by atoms with Crippen molar-refractivity contribution in [2.24, 2.45) is 0 Å². The zero-order valence-corrected chi connectivity index (χ0v) is 10.3. The highest BCUT2D eigenvalue weighted by molar-refractivity contribution is 8.93. The lowest BCUT2D eigenvalue weighted by Crippen LogP contribution is -1.63. The highest BCUT2D eigenvalue weighted by atomic mass is 79.9. The average Bonchev–Trinajstić information content (AvgIpc) is 2.80. The molecule has 0 fully saturated rings. The van der Waals surface area contributed by atoms with E-state index in [1.54, 1.807) is 18.7 Å². The number of nitrogens with one attached hydrogen (secondary N) is 1. The summed E-state index contributed by atoms with van der Waals surface area (Å²) >= 11 is 0. The van der Waals surface area contributed by atoms with Crippen LogP contribution in [-0.2, 0) is 0 Å². The molecule has 4 heteroatoms. The van der Waals surface area contributed by atoms with Gasteiger partial charge in [-0.25, -0.2) is 4.98 Å². The molecule has 0 aliphatic heterocycles. The van der Waals surface area contributed by atoms with Gasteiger partial charge in [0.15, 0.2) is 0 Å². The average molecular weight is 278 g/mol. The van der Waals surface area contributed by atoms with Gasteiger partial charge in [0, 0.05) is 12.4 Å². The molecular formula is C12H12BrN3. The van der Waals surface area contributed by atoms with Crippen LogP contribution in [0, 0.1) is 0 Å². The van der Waals surface area contributed by atoms with Gasteiger partial charge in [0.05, 0.1) is 17.4 Å². The van der Waals surface area contributed by atoms with Gasteiger partial charge in [0.25, 0.3) is 0 Å². The molecule has 0 bridgehead atoms. The molecule has 0 aliphatic rings. The van der Waals surface area contributed by atoms with E-state index in [2.05, 4.69) is 15.0 Å². The van der Waals surface area contributed by atoms with E-state index < -0.39 is 0 Å². The second-order valence-corrected chi connectivity index (χ2v) is 2.94. The summed E-state index contributed by atoms with van der Waals surface area (Å²) in [5.41, 5.74) is 2.12. The van der Waals surface area contributed by atoms with Crippen LogP contribution in [0.3, 0.4) is 0 Å². The van der Waals surface area contributed by atoms with Gasteiger partial charge in [-0.05, 0) is 24.3 Å². The predicted octanol–water partition coefficient (Wildman–Crippen LogP) is 3.22. The van der Waals surface area contributed by atoms with Crippen LogP contribution >= 0.6 is 17.0 Å². The Balaban J connectivity index is 0.000000162. The van der Waals surface area contributed by atoms with Crippen LogP contribution in [0.4, 0.5) is 0 Å². The molecule has 0 radical (unpaired) electrons. The third-order valence-corrected chi connectivity index (χ3v) is 1.89. The molecule has 1 N–H and O–H groups in total. The lowest BCUT2D eigenvalue weighted by Gasteiger charge is -1.81. The van der Waals surface area contributed by atoms with Crippen molar-refractivity contribution in [1.29, 1.82) is 0 Å². The summed E-state index contributed by atoms with van der Waals surface area (Å²) in [4.78, 5) is 10.9. The van der Waals surface area contributed by atoms with Crippen LogP contribution < -0.4 is 0 Å². The zero-order valence-electron chi connectivity index (χ0n) is 8.58. The molecule has 3 aromatic rings. The molecule has 0 amide bonds. The fourth-order valence-electron chi connectivity index (χ4n) is 1.19. The second-order valence-electron chi connectivity index (χ2n) is 2.94. The van der Waals surface area contributed by atoms with E-state index in [9.17, 15) is 0 Å². The number of pyridine rings is 1. The summed E-state index contributed by atoms with van der Waals surface area (Å²) in [5, 5.41) is 0. The number of aromatic amines is 1. The van der Waals surface area contributed by atoms with Crippen LogP contribution in [0.25, 0.3) is 11.0 Å². The molecule has 2 aromatic heterocycles. The molecule has 0 aliphatic carbocycles. The Morgan fingerprint density at radius 2 is 1.62 bits per heavy atom. The maximum Gasteiger partial charge on any atom is 0.0931 e. The fraction of sp³-hybridized carbons (Fsp3) is 0. The quantitative estimate of drug-likeness (QED) is 0.686. The largest absolute Gasteiger partial charge is 0.345 e. The zero-order chi connectivity index (χ0) is 10.3. The third kappa shape index (κ3) is 3.47. The van der Waals surface area contributed by atoms with Crippen LogP contribution in [0.2, 0.25) is 0 Å². The van der Waals surface area contributed by atoms with Crippen molar-refractivity contribution in [3.8, 4) is 0 Å². The van der Waals surface area contributed by atoms with Gasteiger partial charge in [0.2, 0.25) is 0 Å². The molecule has 0 atom stereocenters. The Hall–Kier alpha value is -1.68. The minimum absolute atomic E-state index is 0. The maximum absolute atomic E-state index is 4.06. The number of hydrogen-bond acceptors (Lipinski definition) is 2. The number of H-pyrrole nitrogens is 1. The first-order valence-electron chi connectivity index (χ1n) is 4.70. The summed E-state index contributed by atoms with van der Waals surface area (Å²) in [7, 11) is 0. The Kier molecular flexibility index (Phi) is 5.22. The molecule has 0 unspecified atom stereocenters. The maximum atomic E-state index is 4.06. The van der Waals surface area contributed by atoms with Crippen molar-refractivity contribution < 1.29 is 0 Å². The number of imidazole rings is 1. The number of para-hydroxylation sites is 2. The van der Waals surface area contributed by atoms with Crippen molar-refractivity contribution in [2.45, 2.75) is 0 Å². The Bertz CT molecular complexity index is 451. The van der Waals surface area contributed by atoms with E-state index in [1.807, 2.05) is 42.5 Å². The van der Waals surface area contributed by atoms with Gasteiger partial charge in [-0.3, -0.25) is 4.98 Å². The smallest absolute Gasteiger partial charge is 0.0931 e. The topological polar surface area (TPSA) is 41.6 Å². The number of hydrogen-bond donors (Lipinski definition) is 1. The highest BCUT2D eigenvalue weighted by Crippen LogP contribution is 2.05. The number of rotatable bonds is 0. The van der Waals surface area contributed by atoms with Gasteiger partial charge in [-0.2, -0.15) is 0 Å². The van der Waals surface area contributed by atoms with Crippen LogP contribution in [0.15, 0.2) is 61.2 Å². The van der Waals surface area contributed by atoms with E-state index >= 15 is 0 Å². The van der Waals surface area contributed by atoms with E-state index in [0.717, 1.165) is 11.0 Å². The van der Waals surface area contributed by atoms with Gasteiger partial charge in [-0.1, -0.05) is 18.2 Å². The van der Waals surface area contributed by atoms with Gasteiger partial charge in [0.1, 0.15) is 0 Å². The number of halogens is 1. The molecule has 0 saturated heterocycles. The minimum Gasteiger partial charge on any atom is -0.345 e. The van der Waals surface area contributed by atoms with E-state index in [0.29, 0.717) is 0 Å². The van der Waals surface area contributed by atoms with Crippen LogP contribution in [-0.4, -0.2) is 15.0 Å². The van der Waals surface area contributed by atoms with Gasteiger partial charge in [-0.15, -0.1) is 17.0 Å². The number of benzene rings is 1. The Morgan fingerprint density at radius 1 is 0.875 bits per heavy atom. The van der Waals surface area contributed by atoms with Gasteiger partial charge < -0.3 is 4.98 Å². The molecule has 16 heavy (non-hydrogen) atoms. The second kappa shape index (κ2) is 6.74. The minimum atomic E-state index is 0. The first-order valence-corrected chi connectivity index (χ1v) is 4.70. The van der Waals surface area contributed by atoms with Crippen molar-refractivity contribution in [3.63, 3.8) is 0 Å². The molecule has 1 aromatic carbocycles. The lowest BCUT2D eigenvalue weighted by molar-refractivity contribution is 1.33. The van der Waals surface area contributed by atoms with E-state index in [1.165, 1.54) is 0 Å². The summed E-state index contributed by atoms with van der Waals surface area (Å²) in [5.74, 6) is 0. The first-order chi connectivity index (χ1) is 7.47. The summed E-state index contributed by atoms with van der Waals surface area (Å²) in [6.07, 6.45) is 5.20. The van der Waals surface area contributed by atoms with E-state index in [4.69, 9.17) is 0 Å². The lowest BCUT2D eigenvalue weighted by atomic mass is 10.3. The van der Waals surface area contributed by atoms with Crippen molar-refractivity contribution in [2.75, 3.05) is 0 Å². The molecular weight excluding hydrogens is 266 g/mol. The number of nitrogens with zero attached hydrogens (tertiary/aromatic N) is 2. The first kappa shape index (κ1) is 12.4. The molecule has 2 heterocycles. The van der Waals surface area contributed by atoms with Crippen LogP contribution in [0.1, 0.15) is 0 Å². The summed E-state index contributed by atoms with van der Waals surface area (Å²) in [6.45, 7) is 0. The fourth-order valence-corrected chi connectivity index (χ4v) is 1.19. The molecule has 82 valence electrons. The Labute approximate surface area is 104 Å². The third-order valence-electron chi connectivity index (χ3n) is 1.89. The van der Waals surface area contributed by atoms with Gasteiger partial charge >= 0.3 is 0 Å². The summed E-state index contributed by atoms with van der Waals surface area (Å²) < 4.78 is 0. The molecule has 3 nitrogen and oxygen atoms in total. The highest BCUT2D eigenvalue weighted by Gasteiger charge is 1.88. The number of fused-ring (bicyclic) bond motifs is 1. The van der Waals surface area contributed by atoms with E-state index in [-0.39, 0.29) is 17.0 Å². The molecule has 0 saturated carbocycles.